The highest BCUT2D eigenvalue weighted by Crippen LogP contribution is 2.21. The first-order valence-electron chi connectivity index (χ1n) is 14.8. The van der Waals surface area contributed by atoms with Crippen LogP contribution in [0.15, 0.2) is 22.5 Å². The van der Waals surface area contributed by atoms with Crippen molar-refractivity contribution in [3.63, 3.8) is 0 Å². The number of unbranched alkanes of at least 4 members (excludes halogenated alkanes) is 9. The van der Waals surface area contributed by atoms with Crippen LogP contribution in [0.5, 0.6) is 5.88 Å². The van der Waals surface area contributed by atoms with Gasteiger partial charge in [0.15, 0.2) is 9.88 Å². The molecule has 0 radical (unpaired) electrons. The standard InChI is InChI=1S/C30H46N4O4S2/c1-5-8-11-14-20-32-26(36)23(25(35)31(4)29(32)39)18-17-19-24-27(37)33(21-15-12-9-6-2)30(40)34(28(24)38)22-16-13-10-7-3/h17-19,35H,5-16,20-22H2,1-4H3. The van der Waals surface area contributed by atoms with Crippen LogP contribution in [0, 0.1) is 4.77 Å². The molecular formula is C30H46N4O4S2. The van der Waals surface area contributed by atoms with Gasteiger partial charge < -0.3 is 5.11 Å². The minimum atomic E-state index is -0.426. The Labute approximate surface area is 249 Å². The lowest BCUT2D eigenvalue weighted by molar-refractivity contribution is -0.133. The number of thiocarbonyl (C=S) groups is 1. The zero-order chi connectivity index (χ0) is 29.7. The van der Waals surface area contributed by atoms with Gasteiger partial charge in [0, 0.05) is 26.7 Å². The van der Waals surface area contributed by atoms with E-state index in [0.717, 1.165) is 77.0 Å². The van der Waals surface area contributed by atoms with Crippen LogP contribution in [0.1, 0.15) is 103 Å². The van der Waals surface area contributed by atoms with Gasteiger partial charge in [-0.25, -0.2) is 0 Å². The summed E-state index contributed by atoms with van der Waals surface area (Å²) in [6.07, 6.45) is 16.1. The second-order valence-corrected chi connectivity index (χ2v) is 11.1. The van der Waals surface area contributed by atoms with Crippen LogP contribution in [0.25, 0.3) is 6.08 Å². The summed E-state index contributed by atoms with van der Waals surface area (Å²) >= 11 is 11.0. The van der Waals surface area contributed by atoms with Crippen LogP contribution in [0.3, 0.4) is 0 Å². The minimum absolute atomic E-state index is 0.000483. The normalized spacial score (nSPS) is 14.2. The van der Waals surface area contributed by atoms with Crippen molar-refractivity contribution in [3.05, 3.63) is 38.4 Å². The second kappa shape index (κ2) is 17.3. The molecule has 0 aliphatic carbocycles. The summed E-state index contributed by atoms with van der Waals surface area (Å²) in [5.74, 6) is -1.11. The van der Waals surface area contributed by atoms with E-state index in [2.05, 4.69) is 20.8 Å². The SMILES string of the molecule is CCCCCCN1C(=O)C(=CC=Cc2c(O)n(C)c(=S)n(CCCCCC)c2=O)C(=O)N(CCCCCC)C1=S. The number of aromatic hydroxyl groups is 1. The summed E-state index contributed by atoms with van der Waals surface area (Å²) < 4.78 is 3.13. The first-order chi connectivity index (χ1) is 19.2. The Kier molecular flexibility index (Phi) is 14.5. The average molecular weight is 591 g/mol. The van der Waals surface area contributed by atoms with Crippen molar-refractivity contribution in [1.82, 2.24) is 18.9 Å². The van der Waals surface area contributed by atoms with E-state index in [-0.39, 0.29) is 26.9 Å². The van der Waals surface area contributed by atoms with Gasteiger partial charge in [0.25, 0.3) is 17.4 Å². The molecule has 0 spiro atoms. The third kappa shape index (κ3) is 8.70. The van der Waals surface area contributed by atoms with Crippen LogP contribution in [-0.2, 0) is 23.2 Å². The molecule has 2 heterocycles. The Bertz CT molecular complexity index is 1180. The monoisotopic (exact) mass is 590 g/mol. The molecule has 1 saturated heterocycles. The zero-order valence-corrected chi connectivity index (χ0v) is 26.2. The van der Waals surface area contributed by atoms with Gasteiger partial charge in [0.1, 0.15) is 11.1 Å². The smallest absolute Gasteiger partial charge is 0.265 e. The third-order valence-corrected chi connectivity index (χ3v) is 8.13. The van der Waals surface area contributed by atoms with Crippen LogP contribution >= 0.6 is 24.4 Å². The Balaban J connectivity index is 2.38. The van der Waals surface area contributed by atoms with Crippen molar-refractivity contribution in [2.75, 3.05) is 13.1 Å². The fraction of sp³-hybridized carbons (Fsp3) is 0.633. The lowest BCUT2D eigenvalue weighted by atomic mass is 10.1. The number of hydrogen-bond acceptors (Lipinski definition) is 6. The van der Waals surface area contributed by atoms with E-state index in [1.807, 2.05) is 0 Å². The number of hydrogen-bond donors (Lipinski definition) is 1. The van der Waals surface area contributed by atoms with Gasteiger partial charge in [-0.15, -0.1) is 0 Å². The van der Waals surface area contributed by atoms with E-state index < -0.39 is 17.4 Å². The van der Waals surface area contributed by atoms with Gasteiger partial charge in [-0.05, 0) is 55.9 Å². The second-order valence-electron chi connectivity index (χ2n) is 10.4. The molecule has 0 bridgehead atoms. The molecule has 0 saturated carbocycles. The molecule has 222 valence electrons. The molecule has 0 unspecified atom stereocenters. The largest absolute Gasteiger partial charge is 0.494 e. The van der Waals surface area contributed by atoms with Crippen LogP contribution in [0.4, 0.5) is 0 Å². The summed E-state index contributed by atoms with van der Waals surface area (Å²) in [6, 6.07) is 0. The van der Waals surface area contributed by atoms with Gasteiger partial charge in [0.05, 0.1) is 0 Å². The van der Waals surface area contributed by atoms with E-state index >= 15 is 0 Å². The molecule has 0 atom stereocenters. The van der Waals surface area contributed by atoms with Crippen molar-refractivity contribution < 1.29 is 14.7 Å². The number of rotatable bonds is 17. The summed E-state index contributed by atoms with van der Waals surface area (Å²) in [6.45, 7) is 7.75. The van der Waals surface area contributed by atoms with Gasteiger partial charge in [0.2, 0.25) is 5.88 Å². The average Bonchev–Trinajstić information content (AvgIpc) is 2.94. The molecular weight excluding hydrogens is 544 g/mol. The molecule has 0 aromatic carbocycles. The Hall–Kier alpha value is -2.59. The topological polar surface area (TPSA) is 87.8 Å². The maximum atomic E-state index is 13.4. The number of nitrogens with zero attached hydrogens (tertiary/aromatic N) is 4. The van der Waals surface area contributed by atoms with E-state index in [4.69, 9.17) is 24.4 Å². The molecule has 1 aromatic rings. The molecule has 1 fully saturated rings. The van der Waals surface area contributed by atoms with Crippen molar-refractivity contribution in [2.45, 2.75) is 104 Å². The summed E-state index contributed by atoms with van der Waals surface area (Å²) in [4.78, 5) is 43.0. The zero-order valence-electron chi connectivity index (χ0n) is 24.6. The summed E-state index contributed by atoms with van der Waals surface area (Å²) in [7, 11) is 1.61. The van der Waals surface area contributed by atoms with E-state index in [9.17, 15) is 19.5 Å². The molecule has 40 heavy (non-hydrogen) atoms. The van der Waals surface area contributed by atoms with E-state index in [1.165, 1.54) is 37.2 Å². The lowest BCUT2D eigenvalue weighted by Crippen LogP contribution is -2.56. The number of carbonyl (C=O) groups excluding carboxylic acids is 2. The van der Waals surface area contributed by atoms with Crippen molar-refractivity contribution in [2.24, 2.45) is 7.05 Å². The summed E-state index contributed by atoms with van der Waals surface area (Å²) in [5.41, 5.74) is -0.341. The maximum absolute atomic E-state index is 13.4. The van der Waals surface area contributed by atoms with Gasteiger partial charge in [-0.3, -0.25) is 33.3 Å². The maximum Gasteiger partial charge on any atom is 0.265 e. The third-order valence-electron chi connectivity index (χ3n) is 7.20. The predicted molar refractivity (Wildman–Crippen MR) is 168 cm³/mol. The van der Waals surface area contributed by atoms with Crippen molar-refractivity contribution in [1.29, 1.82) is 0 Å². The van der Waals surface area contributed by atoms with Crippen LogP contribution in [-0.4, -0.2) is 54.1 Å². The van der Waals surface area contributed by atoms with Crippen LogP contribution in [0.2, 0.25) is 0 Å². The fourth-order valence-corrected chi connectivity index (χ4v) is 5.30. The number of allylic oxidation sites excluding steroid dienone is 2. The molecule has 10 heteroatoms. The van der Waals surface area contributed by atoms with E-state index in [1.54, 1.807) is 7.05 Å². The van der Waals surface area contributed by atoms with E-state index in [0.29, 0.717) is 19.6 Å². The first-order valence-corrected chi connectivity index (χ1v) is 15.6. The van der Waals surface area contributed by atoms with Crippen LogP contribution < -0.4 is 5.56 Å². The molecule has 2 amide bonds. The molecule has 8 nitrogen and oxygen atoms in total. The van der Waals surface area contributed by atoms with Gasteiger partial charge >= 0.3 is 0 Å². The molecule has 1 N–H and O–H groups in total. The van der Waals surface area contributed by atoms with Crippen molar-refractivity contribution in [3.8, 4) is 5.88 Å². The van der Waals surface area contributed by atoms with Gasteiger partial charge in [-0.2, -0.15) is 0 Å². The van der Waals surface area contributed by atoms with Crippen molar-refractivity contribution >= 4 is 47.4 Å². The van der Waals surface area contributed by atoms with Gasteiger partial charge in [-0.1, -0.05) is 84.6 Å². The number of carbonyl (C=O) groups is 2. The Morgan fingerprint density at radius 1 is 0.725 bits per heavy atom. The highest BCUT2D eigenvalue weighted by Gasteiger charge is 2.38. The summed E-state index contributed by atoms with van der Waals surface area (Å²) in [5, 5.41) is 10.9. The molecule has 1 aliphatic rings. The molecule has 1 aliphatic heterocycles. The number of amides is 2. The Morgan fingerprint density at radius 2 is 1.20 bits per heavy atom. The fourth-order valence-electron chi connectivity index (χ4n) is 4.69. The Morgan fingerprint density at radius 3 is 1.68 bits per heavy atom. The minimum Gasteiger partial charge on any atom is -0.494 e. The molecule has 2 rings (SSSR count). The molecule has 1 aromatic heterocycles. The predicted octanol–water partition coefficient (Wildman–Crippen LogP) is 6.26. The quantitative estimate of drug-likeness (QED) is 0.0998. The first kappa shape index (κ1) is 33.6. The highest BCUT2D eigenvalue weighted by atomic mass is 32.1. The highest BCUT2D eigenvalue weighted by molar-refractivity contribution is 7.80. The number of aromatic nitrogens is 2. The lowest BCUT2D eigenvalue weighted by Gasteiger charge is -2.36.